The van der Waals surface area contributed by atoms with Crippen molar-refractivity contribution in [1.82, 2.24) is 15.0 Å². The van der Waals surface area contributed by atoms with Crippen LogP contribution in [0.1, 0.15) is 11.3 Å². The molecule has 0 unspecified atom stereocenters. The number of thiazole rings is 1. The molecule has 194 valence electrons. The van der Waals surface area contributed by atoms with Crippen LogP contribution in [0, 0.1) is 11.3 Å². The van der Waals surface area contributed by atoms with E-state index in [2.05, 4.69) is 10.5 Å². The van der Waals surface area contributed by atoms with Crippen LogP contribution >= 0.6 is 11.3 Å². The van der Waals surface area contributed by atoms with Gasteiger partial charge in [0.25, 0.3) is 11.5 Å². The van der Waals surface area contributed by atoms with E-state index in [1.165, 1.54) is 10.8 Å². The van der Waals surface area contributed by atoms with Crippen LogP contribution in [0.25, 0.3) is 39.6 Å². The molecule has 0 aliphatic rings. The van der Waals surface area contributed by atoms with Crippen LogP contribution in [0.5, 0.6) is 0 Å². The van der Waals surface area contributed by atoms with Crippen molar-refractivity contribution in [2.45, 2.75) is 6.54 Å². The van der Waals surface area contributed by atoms with Gasteiger partial charge in [0.05, 0.1) is 28.4 Å². The first-order valence-electron chi connectivity index (χ1n) is 12.3. The number of para-hydroxylation sites is 1. The number of hydrogen-bond acceptors (Lipinski definition) is 7. The Morgan fingerprint density at radius 1 is 1.02 bits per heavy atom. The second kappa shape index (κ2) is 10.7. The molecule has 1 amide bonds. The summed E-state index contributed by atoms with van der Waals surface area (Å²) in [5.74, 6) is 0.577. The molecule has 40 heavy (non-hydrogen) atoms. The lowest BCUT2D eigenvalue weighted by Crippen LogP contribution is -2.33. The third kappa shape index (κ3) is 4.75. The zero-order valence-corrected chi connectivity index (χ0v) is 21.7. The molecule has 0 fully saturated rings. The maximum atomic E-state index is 13.7. The van der Waals surface area contributed by atoms with Crippen molar-refractivity contribution < 1.29 is 13.7 Å². The molecule has 0 radical (unpaired) electrons. The Morgan fingerprint density at radius 2 is 1.80 bits per heavy atom. The highest BCUT2D eigenvalue weighted by molar-refractivity contribution is 7.07. The largest absolute Gasteiger partial charge is 0.467 e. The van der Waals surface area contributed by atoms with E-state index in [4.69, 9.17) is 8.94 Å². The number of aromatic nitrogens is 2. The van der Waals surface area contributed by atoms with Crippen LogP contribution < -0.4 is 20.1 Å². The normalized spacial score (nSPS) is 12.3. The number of furan rings is 1. The lowest BCUT2D eigenvalue weighted by atomic mass is 10.1. The van der Waals surface area contributed by atoms with E-state index in [0.29, 0.717) is 27.3 Å². The van der Waals surface area contributed by atoms with E-state index in [1.807, 2.05) is 60.7 Å². The van der Waals surface area contributed by atoms with Gasteiger partial charge < -0.3 is 14.3 Å². The topological polar surface area (TPSA) is 114 Å². The molecule has 0 spiro atoms. The molecule has 6 rings (SSSR count). The number of amides is 1. The van der Waals surface area contributed by atoms with Gasteiger partial charge in [0.2, 0.25) is 0 Å². The summed E-state index contributed by atoms with van der Waals surface area (Å²) in [5.41, 5.74) is 2.37. The van der Waals surface area contributed by atoms with Crippen molar-refractivity contribution in [3.63, 3.8) is 0 Å². The van der Waals surface area contributed by atoms with Gasteiger partial charge in [0.15, 0.2) is 11.3 Å². The number of nitriles is 1. The van der Waals surface area contributed by atoms with Gasteiger partial charge >= 0.3 is 0 Å². The van der Waals surface area contributed by atoms with Crippen molar-refractivity contribution in [3.8, 4) is 23.1 Å². The number of hydrogen-bond donors (Lipinski definition) is 1. The second-order valence-corrected chi connectivity index (χ2v) is 9.83. The number of rotatable bonds is 6. The molecule has 3 aromatic heterocycles. The smallest absolute Gasteiger partial charge is 0.273 e. The number of fused-ring (bicyclic) bond motifs is 1. The fraction of sp³-hybridized carbons (Fsp3) is 0.0323. The van der Waals surface area contributed by atoms with E-state index in [0.717, 1.165) is 27.8 Å². The standard InChI is InChI=1S/C31H20N4O4S/c32-18-25(29(36)33-19-23-12-7-15-38-23)31-35(22-10-5-2-6-11-22)30(37)27(40-31)17-20-13-14-26-24(16-20)28(39-34-26)21-8-3-1-4-9-21/h1-17H,19H2,(H,33,36)/b27-17-,31-25-. The molecule has 6 aromatic rings. The van der Waals surface area contributed by atoms with Gasteiger partial charge in [-0.15, -0.1) is 11.3 Å². The van der Waals surface area contributed by atoms with Crippen molar-refractivity contribution in [2.24, 2.45) is 0 Å². The summed E-state index contributed by atoms with van der Waals surface area (Å²) in [6.45, 7) is 0.111. The fourth-order valence-corrected chi connectivity index (χ4v) is 5.43. The quantitative estimate of drug-likeness (QED) is 0.338. The molecule has 0 atom stereocenters. The summed E-state index contributed by atoms with van der Waals surface area (Å²) >= 11 is 1.08. The predicted octanol–water partition coefficient (Wildman–Crippen LogP) is 4.12. The second-order valence-electron chi connectivity index (χ2n) is 8.80. The highest BCUT2D eigenvalue weighted by Crippen LogP contribution is 2.29. The van der Waals surface area contributed by atoms with Gasteiger partial charge in [0.1, 0.15) is 22.0 Å². The van der Waals surface area contributed by atoms with Gasteiger partial charge in [-0.2, -0.15) is 5.26 Å². The van der Waals surface area contributed by atoms with Gasteiger partial charge in [-0.25, -0.2) is 0 Å². The maximum absolute atomic E-state index is 13.7. The highest BCUT2D eigenvalue weighted by atomic mass is 32.1. The number of benzene rings is 3. The van der Waals surface area contributed by atoms with E-state index in [9.17, 15) is 14.9 Å². The Labute approximate surface area is 231 Å². The lowest BCUT2D eigenvalue weighted by Gasteiger charge is -2.04. The monoisotopic (exact) mass is 544 g/mol. The first-order valence-corrected chi connectivity index (χ1v) is 13.1. The van der Waals surface area contributed by atoms with Crippen molar-refractivity contribution in [2.75, 3.05) is 0 Å². The third-order valence-electron chi connectivity index (χ3n) is 6.23. The Morgan fingerprint density at radius 3 is 2.52 bits per heavy atom. The lowest BCUT2D eigenvalue weighted by molar-refractivity contribution is -0.115. The number of nitrogens with zero attached hydrogens (tertiary/aromatic N) is 3. The average Bonchev–Trinajstić information content (AvgIpc) is 3.73. The molecule has 9 heteroatoms. The first-order chi connectivity index (χ1) is 19.6. The van der Waals surface area contributed by atoms with E-state index in [1.54, 1.807) is 42.5 Å². The minimum absolute atomic E-state index is 0.111. The molecule has 1 N–H and O–H groups in total. The van der Waals surface area contributed by atoms with Crippen molar-refractivity contribution >= 4 is 39.8 Å². The summed E-state index contributed by atoms with van der Waals surface area (Å²) in [6, 6.07) is 29.6. The van der Waals surface area contributed by atoms with Crippen LogP contribution in [-0.2, 0) is 11.3 Å². The number of nitrogens with one attached hydrogen (secondary N) is 1. The predicted molar refractivity (Wildman–Crippen MR) is 152 cm³/mol. The summed E-state index contributed by atoms with van der Waals surface area (Å²) in [5, 5.41) is 17.7. The number of carbonyl (C=O) groups excluding carboxylic acids is 1. The fourth-order valence-electron chi connectivity index (χ4n) is 4.32. The van der Waals surface area contributed by atoms with Crippen LogP contribution in [0.4, 0.5) is 0 Å². The van der Waals surface area contributed by atoms with E-state index in [-0.39, 0.29) is 22.3 Å². The summed E-state index contributed by atoms with van der Waals surface area (Å²) in [4.78, 5) is 26.8. The van der Waals surface area contributed by atoms with E-state index < -0.39 is 5.91 Å². The van der Waals surface area contributed by atoms with Crippen molar-refractivity contribution in [3.05, 3.63) is 128 Å². The molecule has 8 nitrogen and oxygen atoms in total. The highest BCUT2D eigenvalue weighted by Gasteiger charge is 2.17. The summed E-state index contributed by atoms with van der Waals surface area (Å²) < 4.78 is 12.9. The Hall–Kier alpha value is -5.46. The zero-order chi connectivity index (χ0) is 27.5. The number of carbonyl (C=O) groups is 1. The van der Waals surface area contributed by atoms with Gasteiger partial charge in [0, 0.05) is 5.56 Å². The average molecular weight is 545 g/mol. The first kappa shape index (κ1) is 24.9. The summed E-state index contributed by atoms with van der Waals surface area (Å²) in [7, 11) is 0. The molecule has 0 saturated carbocycles. The minimum Gasteiger partial charge on any atom is -0.467 e. The van der Waals surface area contributed by atoms with E-state index >= 15 is 0 Å². The molecule has 0 saturated heterocycles. The molecule has 0 bridgehead atoms. The third-order valence-corrected chi connectivity index (χ3v) is 7.32. The molecular formula is C31H20N4O4S. The van der Waals surface area contributed by atoms with Gasteiger partial charge in [-0.3, -0.25) is 14.2 Å². The molecular weight excluding hydrogens is 524 g/mol. The van der Waals surface area contributed by atoms with Crippen LogP contribution in [0.15, 0.2) is 111 Å². The van der Waals surface area contributed by atoms with Crippen LogP contribution in [0.3, 0.4) is 0 Å². The molecule has 0 aliphatic carbocycles. The van der Waals surface area contributed by atoms with Crippen LogP contribution in [-0.4, -0.2) is 15.6 Å². The maximum Gasteiger partial charge on any atom is 0.273 e. The van der Waals surface area contributed by atoms with Gasteiger partial charge in [-0.05, 0) is 48.0 Å². The zero-order valence-electron chi connectivity index (χ0n) is 20.9. The summed E-state index contributed by atoms with van der Waals surface area (Å²) in [6.07, 6.45) is 3.25. The minimum atomic E-state index is -0.602. The molecule has 3 heterocycles. The van der Waals surface area contributed by atoms with Crippen molar-refractivity contribution in [1.29, 1.82) is 5.26 Å². The molecule has 0 aliphatic heterocycles. The Kier molecular flexibility index (Phi) is 6.66. The molecule has 3 aromatic carbocycles. The SMILES string of the molecule is N#C/C(C(=O)NCc1ccco1)=c1/s/c(=C\c2ccc3noc(-c4ccccc4)c3c2)c(=O)n1-c1ccccc1. The Bertz CT molecular complexity index is 2050. The van der Waals surface area contributed by atoms with Gasteiger partial charge in [-0.1, -0.05) is 59.8 Å². The van der Waals surface area contributed by atoms with Crippen LogP contribution in [0.2, 0.25) is 0 Å². The Balaban J connectivity index is 1.50.